The van der Waals surface area contributed by atoms with Gasteiger partial charge in [0.2, 0.25) is 0 Å². The second-order valence-corrected chi connectivity index (χ2v) is 7.16. The van der Waals surface area contributed by atoms with Crippen LogP contribution in [-0.4, -0.2) is 12.9 Å². The van der Waals surface area contributed by atoms with Crippen molar-refractivity contribution in [2.75, 3.05) is 12.0 Å². The molecule has 5 nitrogen and oxygen atoms in total. The summed E-state index contributed by atoms with van der Waals surface area (Å²) < 4.78 is 34.6. The number of allylic oxidation sites excluding steroid dienone is 3. The molecule has 2 N–H and O–H groups in total. The van der Waals surface area contributed by atoms with Gasteiger partial charge in [0, 0.05) is 17.7 Å². The minimum absolute atomic E-state index is 0.0694. The van der Waals surface area contributed by atoms with Gasteiger partial charge in [0.05, 0.1) is 24.7 Å². The number of ketones is 1. The topological polar surface area (TPSA) is 79.3 Å². The molecule has 0 spiro atoms. The number of nitrogens with two attached hydrogens (primary N) is 1. The highest BCUT2D eigenvalue weighted by Gasteiger charge is 2.41. The lowest BCUT2D eigenvalue weighted by atomic mass is 9.75. The lowest BCUT2D eigenvalue weighted by Gasteiger charge is -2.39. The predicted molar refractivity (Wildman–Crippen MR) is 107 cm³/mol. The first kappa shape index (κ1) is 19.6. The van der Waals surface area contributed by atoms with Crippen LogP contribution in [0, 0.1) is 23.0 Å². The molecule has 0 unspecified atom stereocenters. The number of nitriles is 1. The Hall–Kier alpha value is -3.66. The number of para-hydroxylation sites is 1. The lowest BCUT2D eigenvalue weighted by Crippen LogP contribution is -2.39. The predicted octanol–water partition coefficient (Wildman–Crippen LogP) is 4.28. The summed E-state index contributed by atoms with van der Waals surface area (Å²) in [7, 11) is 1.52. The number of rotatable bonds is 3. The Morgan fingerprint density at radius 3 is 2.53 bits per heavy atom. The highest BCUT2D eigenvalue weighted by Crippen LogP contribution is 2.47. The third-order valence-corrected chi connectivity index (χ3v) is 5.50. The molecule has 1 aliphatic heterocycles. The number of halogens is 2. The first-order chi connectivity index (χ1) is 14.5. The van der Waals surface area contributed by atoms with E-state index in [1.165, 1.54) is 18.1 Å². The molecule has 7 heteroatoms. The summed E-state index contributed by atoms with van der Waals surface area (Å²) in [6, 6.07) is 12.6. The van der Waals surface area contributed by atoms with E-state index in [4.69, 9.17) is 10.5 Å². The Morgan fingerprint density at radius 1 is 1.17 bits per heavy atom. The summed E-state index contributed by atoms with van der Waals surface area (Å²) in [6.07, 6.45) is 1.24. The number of ether oxygens (including phenoxy) is 1. The fourth-order valence-electron chi connectivity index (χ4n) is 4.20. The van der Waals surface area contributed by atoms with Crippen molar-refractivity contribution >= 4 is 11.5 Å². The van der Waals surface area contributed by atoms with Crippen LogP contribution in [0.5, 0.6) is 5.75 Å². The maximum Gasteiger partial charge on any atom is 0.161 e. The molecule has 0 bridgehead atoms. The molecule has 0 radical (unpaired) electrons. The first-order valence-electron chi connectivity index (χ1n) is 9.52. The number of benzene rings is 2. The molecular formula is C23H19F2N3O2. The van der Waals surface area contributed by atoms with Gasteiger partial charge in [-0.15, -0.1) is 0 Å². The molecule has 0 fully saturated rings. The van der Waals surface area contributed by atoms with Crippen LogP contribution in [0.4, 0.5) is 14.5 Å². The molecule has 0 aromatic heterocycles. The van der Waals surface area contributed by atoms with Crippen molar-refractivity contribution in [3.8, 4) is 11.8 Å². The van der Waals surface area contributed by atoms with Gasteiger partial charge in [-0.25, -0.2) is 8.78 Å². The van der Waals surface area contributed by atoms with Crippen molar-refractivity contribution in [2.45, 2.75) is 25.2 Å². The van der Waals surface area contributed by atoms with E-state index in [0.717, 1.165) is 12.1 Å². The van der Waals surface area contributed by atoms with E-state index in [1.54, 1.807) is 24.3 Å². The highest BCUT2D eigenvalue weighted by molar-refractivity contribution is 6.01. The van der Waals surface area contributed by atoms with Crippen molar-refractivity contribution in [3.05, 3.63) is 82.3 Å². The Balaban J connectivity index is 2.01. The van der Waals surface area contributed by atoms with Crippen molar-refractivity contribution < 1.29 is 18.3 Å². The van der Waals surface area contributed by atoms with E-state index in [9.17, 15) is 18.8 Å². The van der Waals surface area contributed by atoms with E-state index in [1.807, 2.05) is 0 Å². The normalized spacial score (nSPS) is 18.9. The maximum absolute atomic E-state index is 14.6. The molecule has 2 aromatic rings. The Morgan fingerprint density at radius 2 is 1.87 bits per heavy atom. The van der Waals surface area contributed by atoms with Gasteiger partial charge in [-0.05, 0) is 42.7 Å². The molecule has 1 atom stereocenters. The van der Waals surface area contributed by atoms with Crippen molar-refractivity contribution in [3.63, 3.8) is 0 Å². The molecule has 0 saturated heterocycles. The molecular weight excluding hydrogens is 388 g/mol. The summed E-state index contributed by atoms with van der Waals surface area (Å²) >= 11 is 0. The van der Waals surface area contributed by atoms with Gasteiger partial charge in [-0.2, -0.15) is 5.26 Å². The standard InChI is InChI=1S/C23H19F2N3O2/c1-30-14-6-2-5-13(11-14)20-15(12-26)23(27)28(18-9-4-10-19(29)21(18)20)22-16(24)7-3-8-17(22)25/h2-3,5-8,11,20H,4,9-10,27H2,1H3/t20-/m0/s1. The van der Waals surface area contributed by atoms with Gasteiger partial charge < -0.3 is 10.5 Å². The first-order valence-corrected chi connectivity index (χ1v) is 9.52. The Bertz CT molecular complexity index is 1130. The van der Waals surface area contributed by atoms with E-state index >= 15 is 0 Å². The summed E-state index contributed by atoms with van der Waals surface area (Å²) in [6.45, 7) is 0. The van der Waals surface area contributed by atoms with Gasteiger partial charge in [0.15, 0.2) is 5.78 Å². The van der Waals surface area contributed by atoms with Crippen LogP contribution in [0.25, 0.3) is 0 Å². The van der Waals surface area contributed by atoms with Gasteiger partial charge in [-0.1, -0.05) is 18.2 Å². The van der Waals surface area contributed by atoms with Gasteiger partial charge in [0.25, 0.3) is 0 Å². The highest BCUT2D eigenvalue weighted by atomic mass is 19.1. The molecule has 4 rings (SSSR count). The molecule has 152 valence electrons. The fraction of sp³-hybridized carbons (Fsp3) is 0.217. The smallest absolute Gasteiger partial charge is 0.161 e. The van der Waals surface area contributed by atoms with Crippen molar-refractivity contribution in [1.29, 1.82) is 5.26 Å². The van der Waals surface area contributed by atoms with Crippen molar-refractivity contribution in [2.24, 2.45) is 5.73 Å². The van der Waals surface area contributed by atoms with Crippen LogP contribution in [0.1, 0.15) is 30.7 Å². The van der Waals surface area contributed by atoms with Crippen LogP contribution in [0.2, 0.25) is 0 Å². The summed E-state index contributed by atoms with van der Waals surface area (Å²) in [5.74, 6) is -2.04. The number of carbonyl (C=O) groups excluding carboxylic acids is 1. The Kier molecular flexibility index (Phi) is 5.00. The van der Waals surface area contributed by atoms with E-state index < -0.39 is 17.6 Å². The minimum atomic E-state index is -0.819. The zero-order chi connectivity index (χ0) is 21.4. The third-order valence-electron chi connectivity index (χ3n) is 5.50. The SMILES string of the molecule is COc1cccc([C@H]2C(C#N)=C(N)N(c3c(F)cccc3F)C3=C2C(=O)CCC3)c1. The summed E-state index contributed by atoms with van der Waals surface area (Å²) in [5, 5.41) is 9.93. The third kappa shape index (κ3) is 3.01. The van der Waals surface area contributed by atoms with Gasteiger partial charge in [0.1, 0.15) is 28.9 Å². The zero-order valence-corrected chi connectivity index (χ0v) is 16.3. The average Bonchev–Trinajstić information content (AvgIpc) is 2.74. The van der Waals surface area contributed by atoms with Crippen LogP contribution < -0.4 is 15.4 Å². The van der Waals surface area contributed by atoms with Crippen molar-refractivity contribution in [1.82, 2.24) is 0 Å². The van der Waals surface area contributed by atoms with Gasteiger partial charge >= 0.3 is 0 Å². The molecule has 30 heavy (non-hydrogen) atoms. The number of hydrogen-bond acceptors (Lipinski definition) is 5. The monoisotopic (exact) mass is 407 g/mol. The Labute approximate surface area is 172 Å². The van der Waals surface area contributed by atoms with E-state index in [0.29, 0.717) is 41.8 Å². The zero-order valence-electron chi connectivity index (χ0n) is 16.3. The molecule has 1 heterocycles. The number of anilines is 1. The minimum Gasteiger partial charge on any atom is -0.497 e. The van der Waals surface area contributed by atoms with Crippen LogP contribution in [0.3, 0.4) is 0 Å². The van der Waals surface area contributed by atoms with E-state index in [2.05, 4.69) is 6.07 Å². The maximum atomic E-state index is 14.6. The average molecular weight is 407 g/mol. The van der Waals surface area contributed by atoms with E-state index in [-0.39, 0.29) is 22.9 Å². The quantitative estimate of drug-likeness (QED) is 0.822. The molecule has 1 aliphatic carbocycles. The fourth-order valence-corrected chi connectivity index (χ4v) is 4.20. The molecule has 0 saturated carbocycles. The molecule has 2 aliphatic rings. The molecule has 2 aromatic carbocycles. The van der Waals surface area contributed by atoms with Crippen LogP contribution in [-0.2, 0) is 4.79 Å². The molecule has 0 amide bonds. The number of methoxy groups -OCH3 is 1. The summed E-state index contributed by atoms with van der Waals surface area (Å²) in [5.41, 5.74) is 7.45. The van der Waals surface area contributed by atoms with Crippen LogP contribution in [0.15, 0.2) is 65.1 Å². The summed E-state index contributed by atoms with van der Waals surface area (Å²) in [4.78, 5) is 14.2. The van der Waals surface area contributed by atoms with Gasteiger partial charge in [-0.3, -0.25) is 9.69 Å². The largest absolute Gasteiger partial charge is 0.497 e. The number of Topliss-reactive ketones (excluding diaryl/α,β-unsaturated/α-hetero) is 1. The van der Waals surface area contributed by atoms with Crippen LogP contribution >= 0.6 is 0 Å². The number of nitrogens with zero attached hydrogens (tertiary/aromatic N) is 2. The second kappa shape index (κ2) is 7.64. The number of carbonyl (C=O) groups is 1. The number of hydrogen-bond donors (Lipinski definition) is 1. The second-order valence-electron chi connectivity index (χ2n) is 7.16. The lowest BCUT2D eigenvalue weighted by molar-refractivity contribution is -0.116.